The largest absolute Gasteiger partial charge is 0.396 e. The molecule has 3 nitrogen and oxygen atoms in total. The van der Waals surface area contributed by atoms with E-state index in [9.17, 15) is 0 Å². The number of aliphatic hydroxyl groups is 1. The minimum absolute atomic E-state index is 0.197. The number of nitrogens with one attached hydrogen (secondary N) is 1. The average Bonchev–Trinajstić information content (AvgIpc) is 2.39. The highest BCUT2D eigenvalue weighted by atomic mass is 16.5. The third-order valence-corrected chi connectivity index (χ3v) is 3.13. The van der Waals surface area contributed by atoms with Crippen LogP contribution in [0.2, 0.25) is 0 Å². The first kappa shape index (κ1) is 15.2. The average molecular weight is 251 g/mol. The van der Waals surface area contributed by atoms with Crippen molar-refractivity contribution < 1.29 is 9.84 Å². The number of hydrogen-bond donors (Lipinski definition) is 2. The highest BCUT2D eigenvalue weighted by Gasteiger charge is 2.14. The van der Waals surface area contributed by atoms with Crippen LogP contribution in [0.5, 0.6) is 0 Å². The van der Waals surface area contributed by atoms with E-state index < -0.39 is 0 Å². The summed E-state index contributed by atoms with van der Waals surface area (Å²) < 4.78 is 5.18. The third-order valence-electron chi connectivity index (χ3n) is 3.13. The summed E-state index contributed by atoms with van der Waals surface area (Å²) >= 11 is 0. The number of methoxy groups -OCH3 is 1. The van der Waals surface area contributed by atoms with Crippen LogP contribution in [-0.4, -0.2) is 37.5 Å². The molecule has 102 valence electrons. The first-order valence-electron chi connectivity index (χ1n) is 6.69. The Labute approximate surface area is 110 Å². The fourth-order valence-electron chi connectivity index (χ4n) is 2.12. The Hall–Kier alpha value is -0.900. The summed E-state index contributed by atoms with van der Waals surface area (Å²) in [5.41, 5.74) is 1.34. The summed E-state index contributed by atoms with van der Waals surface area (Å²) in [7, 11) is 1.70. The molecule has 3 heteroatoms. The molecule has 0 radical (unpaired) electrons. The van der Waals surface area contributed by atoms with Gasteiger partial charge >= 0.3 is 0 Å². The molecule has 0 aromatic heterocycles. The zero-order valence-corrected chi connectivity index (χ0v) is 11.4. The second kappa shape index (κ2) is 9.09. The number of benzene rings is 1. The Morgan fingerprint density at radius 2 is 1.94 bits per heavy atom. The summed E-state index contributed by atoms with van der Waals surface area (Å²) in [6.07, 6.45) is 2.82. The molecule has 0 saturated carbocycles. The molecule has 2 N–H and O–H groups in total. The highest BCUT2D eigenvalue weighted by molar-refractivity contribution is 5.15. The quantitative estimate of drug-likeness (QED) is 0.705. The predicted octanol–water partition coefficient (Wildman–Crippen LogP) is 1.99. The van der Waals surface area contributed by atoms with E-state index in [0.29, 0.717) is 12.6 Å². The van der Waals surface area contributed by atoms with E-state index in [1.54, 1.807) is 7.11 Å². The van der Waals surface area contributed by atoms with Gasteiger partial charge in [-0.3, -0.25) is 0 Å². The fraction of sp³-hybridized carbons (Fsp3) is 0.600. The van der Waals surface area contributed by atoms with Crippen LogP contribution in [0.4, 0.5) is 0 Å². The zero-order chi connectivity index (χ0) is 13.2. The van der Waals surface area contributed by atoms with Crippen LogP contribution in [0.1, 0.15) is 25.3 Å². The highest BCUT2D eigenvalue weighted by Crippen LogP contribution is 2.07. The number of rotatable bonds is 9. The normalized spacial score (nSPS) is 14.4. The standard InChI is InChI=1S/C15H25NO2/c1-3-14(11-13-7-5-4-6-8-13)16-15(9-10-17)12-18-2/h4-8,14-17H,3,9-12H2,1-2H3. The maximum absolute atomic E-state index is 9.04. The molecule has 1 aromatic carbocycles. The molecule has 0 bridgehead atoms. The van der Waals surface area contributed by atoms with Gasteiger partial charge in [-0.2, -0.15) is 0 Å². The van der Waals surface area contributed by atoms with Crippen LogP contribution in [0, 0.1) is 0 Å². The molecule has 0 aliphatic rings. The van der Waals surface area contributed by atoms with Crippen molar-refractivity contribution in [2.24, 2.45) is 0 Å². The molecule has 0 heterocycles. The molecule has 2 atom stereocenters. The van der Waals surface area contributed by atoms with Gasteiger partial charge in [-0.15, -0.1) is 0 Å². The summed E-state index contributed by atoms with van der Waals surface area (Å²) in [6, 6.07) is 11.2. The Balaban J connectivity index is 2.49. The second-order valence-electron chi connectivity index (χ2n) is 4.63. The second-order valence-corrected chi connectivity index (χ2v) is 4.63. The zero-order valence-electron chi connectivity index (χ0n) is 11.4. The Kier molecular flexibility index (Phi) is 7.65. The van der Waals surface area contributed by atoms with Crippen LogP contribution in [0.3, 0.4) is 0 Å². The molecular weight excluding hydrogens is 226 g/mol. The van der Waals surface area contributed by atoms with Gasteiger partial charge in [-0.1, -0.05) is 37.3 Å². The van der Waals surface area contributed by atoms with E-state index in [2.05, 4.69) is 36.5 Å². The maximum Gasteiger partial charge on any atom is 0.0616 e. The lowest BCUT2D eigenvalue weighted by Gasteiger charge is -2.24. The molecular formula is C15H25NO2. The minimum atomic E-state index is 0.197. The van der Waals surface area contributed by atoms with Crippen molar-refractivity contribution in [3.63, 3.8) is 0 Å². The monoisotopic (exact) mass is 251 g/mol. The van der Waals surface area contributed by atoms with Gasteiger partial charge in [0, 0.05) is 25.8 Å². The van der Waals surface area contributed by atoms with Gasteiger partial charge in [-0.05, 0) is 24.8 Å². The summed E-state index contributed by atoms with van der Waals surface area (Å²) in [6.45, 7) is 3.03. The molecule has 0 amide bonds. The molecule has 0 fully saturated rings. The fourth-order valence-corrected chi connectivity index (χ4v) is 2.12. The number of aliphatic hydroxyl groups excluding tert-OH is 1. The molecule has 18 heavy (non-hydrogen) atoms. The smallest absolute Gasteiger partial charge is 0.0616 e. The van der Waals surface area contributed by atoms with Gasteiger partial charge in [0.1, 0.15) is 0 Å². The lowest BCUT2D eigenvalue weighted by Crippen LogP contribution is -2.42. The van der Waals surface area contributed by atoms with Gasteiger partial charge < -0.3 is 15.2 Å². The van der Waals surface area contributed by atoms with Crippen LogP contribution in [0.25, 0.3) is 0 Å². The molecule has 0 saturated heterocycles. The molecule has 0 aliphatic heterocycles. The van der Waals surface area contributed by atoms with Crippen molar-refractivity contribution >= 4 is 0 Å². The lowest BCUT2D eigenvalue weighted by molar-refractivity contribution is 0.142. The van der Waals surface area contributed by atoms with E-state index in [4.69, 9.17) is 9.84 Å². The third kappa shape index (κ3) is 5.63. The van der Waals surface area contributed by atoms with Crippen molar-refractivity contribution in [1.82, 2.24) is 5.32 Å². The Morgan fingerprint density at radius 3 is 2.50 bits per heavy atom. The summed E-state index contributed by atoms with van der Waals surface area (Å²) in [5, 5.41) is 12.6. The maximum atomic E-state index is 9.04. The Morgan fingerprint density at radius 1 is 1.22 bits per heavy atom. The number of ether oxygens (including phenoxy) is 1. The lowest BCUT2D eigenvalue weighted by atomic mass is 10.0. The first-order valence-corrected chi connectivity index (χ1v) is 6.69. The van der Waals surface area contributed by atoms with Gasteiger partial charge in [-0.25, -0.2) is 0 Å². The van der Waals surface area contributed by atoms with Gasteiger partial charge in [0.25, 0.3) is 0 Å². The SMILES string of the molecule is CCC(Cc1ccccc1)NC(CCO)COC. The molecule has 1 rings (SSSR count). The van der Waals surface area contributed by atoms with Crippen molar-refractivity contribution in [3.8, 4) is 0 Å². The number of hydrogen-bond acceptors (Lipinski definition) is 3. The van der Waals surface area contributed by atoms with Crippen LogP contribution in [0.15, 0.2) is 30.3 Å². The van der Waals surface area contributed by atoms with Crippen molar-refractivity contribution in [2.45, 2.75) is 38.3 Å². The Bertz CT molecular complexity index is 297. The van der Waals surface area contributed by atoms with Crippen molar-refractivity contribution in [1.29, 1.82) is 0 Å². The van der Waals surface area contributed by atoms with E-state index in [0.717, 1.165) is 19.3 Å². The van der Waals surface area contributed by atoms with Crippen LogP contribution >= 0.6 is 0 Å². The topological polar surface area (TPSA) is 41.5 Å². The molecule has 0 spiro atoms. The molecule has 2 unspecified atom stereocenters. The van der Waals surface area contributed by atoms with E-state index in [1.807, 2.05) is 6.07 Å². The first-order chi connectivity index (χ1) is 8.80. The van der Waals surface area contributed by atoms with Crippen LogP contribution < -0.4 is 5.32 Å². The summed E-state index contributed by atoms with van der Waals surface area (Å²) in [5.74, 6) is 0. The van der Waals surface area contributed by atoms with Crippen molar-refractivity contribution in [2.75, 3.05) is 20.3 Å². The van der Waals surface area contributed by atoms with Crippen LogP contribution in [-0.2, 0) is 11.2 Å². The molecule has 0 aliphatic carbocycles. The van der Waals surface area contributed by atoms with Gasteiger partial charge in [0.05, 0.1) is 6.61 Å². The van der Waals surface area contributed by atoms with E-state index in [1.165, 1.54) is 5.56 Å². The minimum Gasteiger partial charge on any atom is -0.396 e. The van der Waals surface area contributed by atoms with Crippen molar-refractivity contribution in [3.05, 3.63) is 35.9 Å². The van der Waals surface area contributed by atoms with Gasteiger partial charge in [0.2, 0.25) is 0 Å². The van der Waals surface area contributed by atoms with Gasteiger partial charge in [0.15, 0.2) is 0 Å². The predicted molar refractivity (Wildman–Crippen MR) is 74.7 cm³/mol. The van der Waals surface area contributed by atoms with E-state index in [-0.39, 0.29) is 12.6 Å². The molecule has 1 aromatic rings. The van der Waals surface area contributed by atoms with E-state index >= 15 is 0 Å². The summed E-state index contributed by atoms with van der Waals surface area (Å²) in [4.78, 5) is 0.